The fourth-order valence-electron chi connectivity index (χ4n) is 2.81. The Hall–Kier alpha value is -1.82. The quantitative estimate of drug-likeness (QED) is 0.822. The van der Waals surface area contributed by atoms with Gasteiger partial charge in [0, 0.05) is 30.8 Å². The smallest absolute Gasteiger partial charge is 0.325 e. The zero-order valence-electron chi connectivity index (χ0n) is 15.5. The van der Waals surface area contributed by atoms with E-state index in [1.165, 1.54) is 4.90 Å². The van der Waals surface area contributed by atoms with E-state index in [1.807, 2.05) is 39.0 Å². The number of hydrogen-bond acceptors (Lipinski definition) is 4. The molecule has 1 aliphatic rings. The average Bonchev–Trinajstić information content (AvgIpc) is 2.88. The number of imide groups is 1. The first-order valence-electron chi connectivity index (χ1n) is 8.43. The Morgan fingerprint density at radius 3 is 2.40 bits per heavy atom. The van der Waals surface area contributed by atoms with Gasteiger partial charge in [0.05, 0.1) is 6.04 Å². The molecule has 1 fully saturated rings. The second-order valence-corrected chi connectivity index (χ2v) is 8.61. The Bertz CT molecular complexity index is 654. The highest BCUT2D eigenvalue weighted by Gasteiger charge is 2.46. The Morgan fingerprint density at radius 1 is 1.24 bits per heavy atom. The maximum Gasteiger partial charge on any atom is 0.326 e. The van der Waals surface area contributed by atoms with Gasteiger partial charge < -0.3 is 4.90 Å². The van der Waals surface area contributed by atoms with Crippen molar-refractivity contribution in [2.75, 3.05) is 19.3 Å². The lowest BCUT2D eigenvalue weighted by Crippen LogP contribution is -2.48. The minimum atomic E-state index is -0.405. The second-order valence-electron chi connectivity index (χ2n) is 7.62. The molecule has 0 saturated carbocycles. The van der Waals surface area contributed by atoms with Crippen LogP contribution in [0, 0.1) is 11.3 Å². The van der Waals surface area contributed by atoms with Crippen LogP contribution in [0.3, 0.4) is 0 Å². The summed E-state index contributed by atoms with van der Waals surface area (Å²) in [6.07, 6.45) is 0. The molecule has 6 heteroatoms. The standard InChI is InChI=1S/C19H26N2O3S/c1-13(12-25-17(23)14-9-7-6-8-10-14)16(22)21-15(19(2,3)4)11-20(5)18(21)24/h6-10,13,15H,11-12H2,1-5H3/t13-,15-/m1/s1. The topological polar surface area (TPSA) is 57.7 Å². The zero-order valence-corrected chi connectivity index (χ0v) is 16.3. The molecule has 1 aromatic carbocycles. The highest BCUT2D eigenvalue weighted by atomic mass is 32.2. The molecule has 1 aliphatic heterocycles. The molecule has 0 aromatic heterocycles. The van der Waals surface area contributed by atoms with Crippen LogP contribution in [-0.2, 0) is 4.79 Å². The molecule has 0 N–H and O–H groups in total. The van der Waals surface area contributed by atoms with Gasteiger partial charge in [0.15, 0.2) is 0 Å². The van der Waals surface area contributed by atoms with Gasteiger partial charge in [-0.3, -0.25) is 14.5 Å². The number of hydrogen-bond donors (Lipinski definition) is 0. The van der Waals surface area contributed by atoms with Crippen LogP contribution in [0.2, 0.25) is 0 Å². The molecule has 2 rings (SSSR count). The molecule has 1 saturated heterocycles. The third-order valence-electron chi connectivity index (χ3n) is 4.42. The van der Waals surface area contributed by atoms with Crippen LogP contribution < -0.4 is 0 Å². The number of carbonyl (C=O) groups is 3. The monoisotopic (exact) mass is 362 g/mol. The molecule has 1 heterocycles. The van der Waals surface area contributed by atoms with Gasteiger partial charge >= 0.3 is 6.03 Å². The normalized spacial score (nSPS) is 19.2. The molecule has 136 valence electrons. The molecule has 25 heavy (non-hydrogen) atoms. The van der Waals surface area contributed by atoms with Gasteiger partial charge in [-0.15, -0.1) is 0 Å². The number of likely N-dealkylation sites (N-methyl/N-ethyl adjacent to an activating group) is 1. The lowest BCUT2D eigenvalue weighted by molar-refractivity contribution is -0.133. The zero-order chi connectivity index (χ0) is 18.8. The van der Waals surface area contributed by atoms with Crippen LogP contribution in [0.4, 0.5) is 4.79 Å². The van der Waals surface area contributed by atoms with Crippen molar-refractivity contribution in [1.29, 1.82) is 0 Å². The minimum Gasteiger partial charge on any atom is -0.325 e. The molecule has 0 bridgehead atoms. The summed E-state index contributed by atoms with van der Waals surface area (Å²) in [5.74, 6) is -0.253. The number of benzene rings is 1. The lowest BCUT2D eigenvalue weighted by Gasteiger charge is -2.33. The summed E-state index contributed by atoms with van der Waals surface area (Å²) >= 11 is 1.12. The summed E-state index contributed by atoms with van der Waals surface area (Å²) < 4.78 is 0. The van der Waals surface area contributed by atoms with Gasteiger partial charge in [-0.2, -0.15) is 0 Å². The van der Waals surface area contributed by atoms with Gasteiger partial charge in [-0.05, 0) is 5.41 Å². The van der Waals surface area contributed by atoms with Gasteiger partial charge in [0.25, 0.3) is 0 Å². The van der Waals surface area contributed by atoms with Crippen molar-refractivity contribution in [1.82, 2.24) is 9.80 Å². The Morgan fingerprint density at radius 2 is 1.84 bits per heavy atom. The highest BCUT2D eigenvalue weighted by Crippen LogP contribution is 2.32. The summed E-state index contributed by atoms with van der Waals surface area (Å²) in [4.78, 5) is 40.5. The van der Waals surface area contributed by atoms with Crippen molar-refractivity contribution in [3.8, 4) is 0 Å². The van der Waals surface area contributed by atoms with E-state index in [9.17, 15) is 14.4 Å². The van der Waals surface area contributed by atoms with Crippen molar-refractivity contribution >= 4 is 28.8 Å². The first-order valence-corrected chi connectivity index (χ1v) is 9.42. The number of rotatable bonds is 4. The van der Waals surface area contributed by atoms with Crippen LogP contribution in [0.5, 0.6) is 0 Å². The summed E-state index contributed by atoms with van der Waals surface area (Å²) in [5.41, 5.74) is 0.430. The van der Waals surface area contributed by atoms with E-state index in [-0.39, 0.29) is 28.5 Å². The maximum atomic E-state index is 12.9. The lowest BCUT2D eigenvalue weighted by atomic mass is 9.86. The number of thioether (sulfide) groups is 1. The first kappa shape index (κ1) is 19.5. The highest BCUT2D eigenvalue weighted by molar-refractivity contribution is 8.14. The predicted octanol–water partition coefficient (Wildman–Crippen LogP) is 3.50. The molecule has 0 radical (unpaired) electrons. The molecule has 5 nitrogen and oxygen atoms in total. The molecule has 0 aliphatic carbocycles. The van der Waals surface area contributed by atoms with Crippen molar-refractivity contribution in [3.63, 3.8) is 0 Å². The van der Waals surface area contributed by atoms with Crippen LogP contribution in [-0.4, -0.2) is 52.2 Å². The fraction of sp³-hybridized carbons (Fsp3) is 0.526. The van der Waals surface area contributed by atoms with E-state index in [2.05, 4.69) is 0 Å². The number of nitrogens with zero attached hydrogens (tertiary/aromatic N) is 2. The van der Waals surface area contributed by atoms with Crippen molar-refractivity contribution < 1.29 is 14.4 Å². The molecule has 0 spiro atoms. The van der Waals surface area contributed by atoms with E-state index in [4.69, 9.17) is 0 Å². The van der Waals surface area contributed by atoms with Crippen LogP contribution in [0.1, 0.15) is 38.1 Å². The van der Waals surface area contributed by atoms with Gasteiger partial charge in [-0.1, -0.05) is 69.8 Å². The maximum absolute atomic E-state index is 12.9. The SMILES string of the molecule is C[C@H](CSC(=O)c1ccccc1)C(=O)N1C(=O)N(C)C[C@@H]1C(C)(C)C. The van der Waals surface area contributed by atoms with Gasteiger partial charge in [-0.25, -0.2) is 4.79 Å². The summed E-state index contributed by atoms with van der Waals surface area (Å²) in [5, 5.41) is -0.0579. The molecular formula is C19H26N2O3S. The summed E-state index contributed by atoms with van der Waals surface area (Å²) in [6, 6.07) is 8.60. The van der Waals surface area contributed by atoms with Crippen molar-refractivity contribution in [2.45, 2.75) is 33.7 Å². The van der Waals surface area contributed by atoms with Gasteiger partial charge in [0.2, 0.25) is 11.0 Å². The minimum absolute atomic E-state index is 0.0579. The first-order chi connectivity index (χ1) is 11.6. The van der Waals surface area contributed by atoms with E-state index in [0.29, 0.717) is 17.9 Å². The van der Waals surface area contributed by atoms with Crippen molar-refractivity contribution in [3.05, 3.63) is 35.9 Å². The van der Waals surface area contributed by atoms with E-state index < -0.39 is 5.92 Å². The molecule has 3 amide bonds. The molecule has 0 unspecified atom stereocenters. The van der Waals surface area contributed by atoms with Crippen LogP contribution in [0.15, 0.2) is 30.3 Å². The number of carbonyl (C=O) groups excluding carboxylic acids is 3. The number of amides is 3. The van der Waals surface area contributed by atoms with E-state index >= 15 is 0 Å². The fourth-order valence-corrected chi connectivity index (χ4v) is 3.66. The summed E-state index contributed by atoms with van der Waals surface area (Å²) in [6.45, 7) is 8.41. The third-order valence-corrected chi connectivity index (χ3v) is 5.59. The Balaban J connectivity index is 2.03. The van der Waals surface area contributed by atoms with Gasteiger partial charge in [0.1, 0.15) is 0 Å². The Kier molecular flexibility index (Phi) is 5.93. The van der Waals surface area contributed by atoms with Crippen LogP contribution in [0.25, 0.3) is 0 Å². The molecule has 2 atom stereocenters. The molecule has 1 aromatic rings. The average molecular weight is 362 g/mol. The summed E-state index contributed by atoms with van der Waals surface area (Å²) in [7, 11) is 1.71. The van der Waals surface area contributed by atoms with Crippen LogP contribution >= 0.6 is 11.8 Å². The Labute approximate surface area is 153 Å². The van der Waals surface area contributed by atoms with Crippen molar-refractivity contribution in [2.24, 2.45) is 11.3 Å². The third kappa shape index (κ3) is 4.42. The largest absolute Gasteiger partial charge is 0.326 e. The second kappa shape index (κ2) is 7.60. The van der Waals surface area contributed by atoms with E-state index in [0.717, 1.165) is 11.8 Å². The number of urea groups is 1. The molecular weight excluding hydrogens is 336 g/mol. The van der Waals surface area contributed by atoms with E-state index in [1.54, 1.807) is 31.0 Å². The predicted molar refractivity (Wildman–Crippen MR) is 101 cm³/mol.